The van der Waals surface area contributed by atoms with Gasteiger partial charge in [0.2, 0.25) is 10.0 Å². The van der Waals surface area contributed by atoms with E-state index in [1.807, 2.05) is 19.1 Å². The van der Waals surface area contributed by atoms with Crippen LogP contribution in [0.3, 0.4) is 0 Å². The summed E-state index contributed by atoms with van der Waals surface area (Å²) in [4.78, 5) is 12.7. The van der Waals surface area contributed by atoms with E-state index < -0.39 is 10.0 Å². The van der Waals surface area contributed by atoms with Crippen LogP contribution in [0.15, 0.2) is 42.5 Å². The Bertz CT molecular complexity index is 999. The number of piperidine rings is 1. The first-order valence-corrected chi connectivity index (χ1v) is 12.0. The molecule has 0 saturated carbocycles. The fourth-order valence-corrected chi connectivity index (χ4v) is 5.29. The van der Waals surface area contributed by atoms with Gasteiger partial charge in [0.25, 0.3) is 5.91 Å². The first-order valence-electron chi connectivity index (χ1n) is 10.4. The van der Waals surface area contributed by atoms with Gasteiger partial charge < -0.3 is 14.8 Å². The number of amides is 1. The van der Waals surface area contributed by atoms with Gasteiger partial charge in [-0.2, -0.15) is 0 Å². The van der Waals surface area contributed by atoms with Crippen molar-refractivity contribution in [1.29, 1.82) is 0 Å². The molecule has 31 heavy (non-hydrogen) atoms. The monoisotopic (exact) mass is 446 g/mol. The lowest BCUT2D eigenvalue weighted by molar-refractivity contribution is 0.0940. The number of benzene rings is 2. The molecule has 2 aromatic carbocycles. The van der Waals surface area contributed by atoms with Crippen LogP contribution in [-0.4, -0.2) is 45.9 Å². The lowest BCUT2D eigenvalue weighted by Gasteiger charge is -2.25. The smallest absolute Gasteiger partial charge is 0.251 e. The first-order chi connectivity index (χ1) is 14.8. The molecule has 1 N–H and O–H groups in total. The number of hydrogen-bond acceptors (Lipinski definition) is 5. The summed E-state index contributed by atoms with van der Waals surface area (Å²) in [6.45, 7) is 3.08. The number of nitrogens with one attached hydrogen (secondary N) is 1. The minimum absolute atomic E-state index is 0.0447. The third kappa shape index (κ3) is 5.77. The molecule has 0 spiro atoms. The highest BCUT2D eigenvalue weighted by atomic mass is 32.2. The zero-order valence-electron chi connectivity index (χ0n) is 18.3. The van der Waals surface area contributed by atoms with Crippen molar-refractivity contribution < 1.29 is 22.7 Å². The van der Waals surface area contributed by atoms with Gasteiger partial charge in [0, 0.05) is 18.7 Å². The number of ether oxygens (including phenoxy) is 2. The van der Waals surface area contributed by atoms with Gasteiger partial charge in [-0.1, -0.05) is 24.6 Å². The number of carbonyl (C=O) groups is 1. The van der Waals surface area contributed by atoms with E-state index in [4.69, 9.17) is 9.47 Å². The molecule has 0 aliphatic carbocycles. The molecule has 7 nitrogen and oxygen atoms in total. The average molecular weight is 447 g/mol. The second-order valence-corrected chi connectivity index (χ2v) is 9.69. The van der Waals surface area contributed by atoms with Gasteiger partial charge in [-0.05, 0) is 55.2 Å². The summed E-state index contributed by atoms with van der Waals surface area (Å²) < 4.78 is 37.3. The maximum atomic E-state index is 12.7. The number of sulfonamides is 1. The van der Waals surface area contributed by atoms with Gasteiger partial charge in [-0.3, -0.25) is 4.79 Å². The van der Waals surface area contributed by atoms with Crippen molar-refractivity contribution in [3.8, 4) is 11.5 Å². The predicted molar refractivity (Wildman–Crippen MR) is 120 cm³/mol. The minimum Gasteiger partial charge on any atom is -0.493 e. The van der Waals surface area contributed by atoms with Gasteiger partial charge in [0.15, 0.2) is 11.5 Å². The van der Waals surface area contributed by atoms with E-state index in [0.717, 1.165) is 24.8 Å². The maximum Gasteiger partial charge on any atom is 0.251 e. The number of rotatable bonds is 8. The highest BCUT2D eigenvalue weighted by Crippen LogP contribution is 2.30. The predicted octanol–water partition coefficient (Wildman–Crippen LogP) is 3.51. The molecule has 1 amide bonds. The number of methoxy groups -OCH3 is 2. The molecule has 1 fully saturated rings. The Morgan fingerprint density at radius 2 is 1.65 bits per heavy atom. The van der Waals surface area contributed by atoms with Crippen molar-refractivity contribution in [2.75, 3.05) is 27.3 Å². The summed E-state index contributed by atoms with van der Waals surface area (Å²) in [5.41, 5.74) is 2.04. The number of carbonyl (C=O) groups excluding carboxylic acids is 1. The summed E-state index contributed by atoms with van der Waals surface area (Å²) in [6, 6.07) is 12.0. The van der Waals surface area contributed by atoms with Crippen LogP contribution in [0.25, 0.3) is 0 Å². The largest absolute Gasteiger partial charge is 0.493 e. The van der Waals surface area contributed by atoms with E-state index in [1.165, 1.54) is 0 Å². The molecule has 168 valence electrons. The summed E-state index contributed by atoms with van der Waals surface area (Å²) in [6.07, 6.45) is 2.91. The van der Waals surface area contributed by atoms with Crippen LogP contribution >= 0.6 is 0 Å². The Morgan fingerprint density at radius 3 is 2.26 bits per heavy atom. The highest BCUT2D eigenvalue weighted by Gasteiger charge is 2.24. The molecule has 0 aromatic heterocycles. The number of nitrogens with zero attached hydrogens (tertiary/aromatic N) is 1. The third-order valence-electron chi connectivity index (χ3n) is 5.53. The molecule has 0 radical (unpaired) electrons. The molecule has 1 aliphatic heterocycles. The lowest BCUT2D eigenvalue weighted by atomic mass is 10.1. The molecule has 2 aromatic rings. The summed E-state index contributed by atoms with van der Waals surface area (Å²) >= 11 is 0. The van der Waals surface area contributed by atoms with Crippen LogP contribution < -0.4 is 14.8 Å². The van der Waals surface area contributed by atoms with Crippen molar-refractivity contribution in [1.82, 2.24) is 9.62 Å². The fraction of sp³-hybridized carbons (Fsp3) is 0.435. The van der Waals surface area contributed by atoms with Crippen LogP contribution in [0.4, 0.5) is 0 Å². The van der Waals surface area contributed by atoms with Crippen LogP contribution in [0.2, 0.25) is 0 Å². The Morgan fingerprint density at radius 1 is 1.00 bits per heavy atom. The second kappa shape index (κ2) is 10.2. The van der Waals surface area contributed by atoms with Crippen molar-refractivity contribution in [3.05, 3.63) is 59.2 Å². The first kappa shape index (κ1) is 23.1. The molecule has 1 aliphatic rings. The summed E-state index contributed by atoms with van der Waals surface area (Å²) in [5.74, 6) is 0.949. The average Bonchev–Trinajstić information content (AvgIpc) is 2.79. The Hall–Kier alpha value is -2.58. The summed E-state index contributed by atoms with van der Waals surface area (Å²) in [7, 11) is -0.185. The molecule has 1 heterocycles. The maximum absolute atomic E-state index is 12.7. The quantitative estimate of drug-likeness (QED) is 0.671. The van der Waals surface area contributed by atoms with Crippen LogP contribution in [0.1, 0.15) is 53.7 Å². The van der Waals surface area contributed by atoms with Crippen molar-refractivity contribution in [2.45, 2.75) is 38.0 Å². The Kier molecular flexibility index (Phi) is 7.56. The zero-order valence-corrected chi connectivity index (χ0v) is 19.1. The van der Waals surface area contributed by atoms with Gasteiger partial charge in [-0.25, -0.2) is 12.7 Å². The molecular formula is C23H30N2O5S. The van der Waals surface area contributed by atoms with E-state index >= 15 is 0 Å². The molecule has 1 atom stereocenters. The zero-order chi connectivity index (χ0) is 22.4. The van der Waals surface area contributed by atoms with E-state index in [0.29, 0.717) is 35.7 Å². The number of hydrogen-bond donors (Lipinski definition) is 1. The standard InChI is InChI=1S/C23H30N2O5S/c1-17(20-11-12-21(29-2)22(15-20)30-3)24-23(26)19-9-7-18(8-10-19)16-31(27,28)25-13-5-4-6-14-25/h7-12,15,17H,4-6,13-14,16H2,1-3H3,(H,24,26)/t17-/m0/s1. The molecule has 8 heteroatoms. The normalized spacial score (nSPS) is 15.8. The van der Waals surface area contributed by atoms with E-state index in [1.54, 1.807) is 48.9 Å². The van der Waals surface area contributed by atoms with Gasteiger partial charge in [-0.15, -0.1) is 0 Å². The highest BCUT2D eigenvalue weighted by molar-refractivity contribution is 7.88. The van der Waals surface area contributed by atoms with E-state index in [9.17, 15) is 13.2 Å². The van der Waals surface area contributed by atoms with E-state index in [2.05, 4.69) is 5.32 Å². The van der Waals surface area contributed by atoms with Crippen molar-refractivity contribution in [3.63, 3.8) is 0 Å². The van der Waals surface area contributed by atoms with Gasteiger partial charge in [0.1, 0.15) is 0 Å². The Balaban J connectivity index is 1.63. The van der Waals surface area contributed by atoms with Crippen LogP contribution in [-0.2, 0) is 15.8 Å². The topological polar surface area (TPSA) is 84.9 Å². The van der Waals surface area contributed by atoms with Crippen LogP contribution in [0.5, 0.6) is 11.5 Å². The lowest BCUT2D eigenvalue weighted by Crippen LogP contribution is -2.36. The summed E-state index contributed by atoms with van der Waals surface area (Å²) in [5, 5.41) is 2.96. The van der Waals surface area contributed by atoms with E-state index in [-0.39, 0.29) is 17.7 Å². The molecule has 0 unspecified atom stereocenters. The Labute approximate surface area is 184 Å². The SMILES string of the molecule is COc1ccc([C@H](C)NC(=O)c2ccc(CS(=O)(=O)N3CCCCC3)cc2)cc1OC. The third-order valence-corrected chi connectivity index (χ3v) is 7.38. The van der Waals surface area contributed by atoms with Gasteiger partial charge in [0.05, 0.1) is 26.0 Å². The van der Waals surface area contributed by atoms with Crippen molar-refractivity contribution in [2.24, 2.45) is 0 Å². The van der Waals surface area contributed by atoms with Crippen LogP contribution in [0, 0.1) is 0 Å². The molecular weight excluding hydrogens is 416 g/mol. The van der Waals surface area contributed by atoms with Gasteiger partial charge >= 0.3 is 0 Å². The fourth-order valence-electron chi connectivity index (χ4n) is 3.68. The molecule has 1 saturated heterocycles. The molecule has 0 bridgehead atoms. The second-order valence-electron chi connectivity index (χ2n) is 7.72. The molecule has 3 rings (SSSR count). The minimum atomic E-state index is -3.33. The van der Waals surface area contributed by atoms with Crippen molar-refractivity contribution >= 4 is 15.9 Å².